The Morgan fingerprint density at radius 2 is 2.00 bits per heavy atom. The number of hydrogen-bond donors (Lipinski definition) is 3. The molecule has 128 valence electrons. The van der Waals surface area contributed by atoms with E-state index in [2.05, 4.69) is 5.32 Å². The average Bonchev–Trinajstić information content (AvgIpc) is 2.52. The van der Waals surface area contributed by atoms with Crippen molar-refractivity contribution in [3.05, 3.63) is 0 Å². The molecule has 0 aromatic carbocycles. The Bertz CT molecular complexity index is 345. The minimum Gasteiger partial charge on any atom is -0.480 e. The van der Waals surface area contributed by atoms with Gasteiger partial charge in [-0.2, -0.15) is 0 Å². The van der Waals surface area contributed by atoms with E-state index in [0.29, 0.717) is 12.6 Å². The van der Waals surface area contributed by atoms with Crippen molar-refractivity contribution in [2.75, 3.05) is 26.2 Å². The van der Waals surface area contributed by atoms with Crippen molar-refractivity contribution in [3.8, 4) is 0 Å². The summed E-state index contributed by atoms with van der Waals surface area (Å²) in [6.45, 7) is 4.59. The predicted octanol–water partition coefficient (Wildman–Crippen LogP) is 1.70. The zero-order chi connectivity index (χ0) is 15.9. The highest BCUT2D eigenvalue weighted by Gasteiger charge is 2.31. The first kappa shape index (κ1) is 17.7. The zero-order valence-corrected chi connectivity index (χ0v) is 13.8. The maximum absolute atomic E-state index is 11.0. The van der Waals surface area contributed by atoms with Gasteiger partial charge < -0.3 is 15.5 Å². The van der Waals surface area contributed by atoms with Crippen molar-refractivity contribution in [1.82, 2.24) is 10.2 Å². The van der Waals surface area contributed by atoms with E-state index in [1.54, 1.807) is 0 Å². The third kappa shape index (κ3) is 5.52. The van der Waals surface area contributed by atoms with Gasteiger partial charge in [0, 0.05) is 19.1 Å². The number of rotatable bonds is 7. The minimum atomic E-state index is -0.780. The molecule has 1 saturated carbocycles. The van der Waals surface area contributed by atoms with E-state index >= 15 is 0 Å². The summed E-state index contributed by atoms with van der Waals surface area (Å²) in [6, 6.07) is 0.307. The first-order chi connectivity index (χ1) is 10.6. The van der Waals surface area contributed by atoms with Gasteiger partial charge >= 0.3 is 5.97 Å². The van der Waals surface area contributed by atoms with E-state index in [-0.39, 0.29) is 18.6 Å². The Labute approximate surface area is 134 Å². The standard InChI is InChI=1S/C17H32N2O3/c1-2-16(20)14-8-15(11-19(10-14)12-17(21)22)18-9-13-6-4-3-5-7-13/h13-16,18,20H,2-12H2,1H3,(H,21,22). The molecule has 2 aliphatic rings. The number of aliphatic hydroxyl groups is 1. The maximum atomic E-state index is 11.0. The van der Waals surface area contributed by atoms with Gasteiger partial charge in [0.1, 0.15) is 0 Å². The molecule has 0 bridgehead atoms. The Morgan fingerprint density at radius 3 is 2.64 bits per heavy atom. The molecule has 0 radical (unpaired) electrons. The van der Waals surface area contributed by atoms with E-state index in [1.807, 2.05) is 11.8 Å². The fourth-order valence-corrected chi connectivity index (χ4v) is 4.04. The van der Waals surface area contributed by atoms with Crippen molar-refractivity contribution >= 4 is 5.97 Å². The van der Waals surface area contributed by atoms with Gasteiger partial charge in [-0.1, -0.05) is 26.2 Å². The van der Waals surface area contributed by atoms with Crippen LogP contribution in [0.2, 0.25) is 0 Å². The van der Waals surface area contributed by atoms with Crippen molar-refractivity contribution in [3.63, 3.8) is 0 Å². The van der Waals surface area contributed by atoms with Crippen LogP contribution in [0.25, 0.3) is 0 Å². The van der Waals surface area contributed by atoms with Crippen molar-refractivity contribution < 1.29 is 15.0 Å². The molecule has 1 saturated heterocycles. The molecule has 22 heavy (non-hydrogen) atoms. The molecule has 0 aromatic heterocycles. The minimum absolute atomic E-state index is 0.0779. The number of likely N-dealkylation sites (tertiary alicyclic amines) is 1. The van der Waals surface area contributed by atoms with Gasteiger partial charge in [0.25, 0.3) is 0 Å². The second-order valence-corrected chi connectivity index (χ2v) is 7.17. The second kappa shape index (κ2) is 8.85. The SMILES string of the molecule is CCC(O)C1CC(NCC2CCCCC2)CN(CC(=O)O)C1. The number of carboxylic acids is 1. The molecule has 5 heteroatoms. The van der Waals surface area contributed by atoms with Crippen molar-refractivity contribution in [1.29, 1.82) is 0 Å². The Hall–Kier alpha value is -0.650. The van der Waals surface area contributed by atoms with Crippen LogP contribution in [0, 0.1) is 11.8 Å². The summed E-state index contributed by atoms with van der Waals surface area (Å²) in [4.78, 5) is 13.0. The summed E-state index contributed by atoms with van der Waals surface area (Å²) >= 11 is 0. The molecule has 3 N–H and O–H groups in total. The predicted molar refractivity (Wildman–Crippen MR) is 86.8 cm³/mol. The highest BCUT2D eigenvalue weighted by Crippen LogP contribution is 2.25. The van der Waals surface area contributed by atoms with E-state index in [9.17, 15) is 9.90 Å². The van der Waals surface area contributed by atoms with Gasteiger partial charge in [0.2, 0.25) is 0 Å². The lowest BCUT2D eigenvalue weighted by molar-refractivity contribution is -0.139. The molecule has 1 aliphatic carbocycles. The lowest BCUT2D eigenvalue weighted by Crippen LogP contribution is -2.53. The Kier molecular flexibility index (Phi) is 7.12. The topological polar surface area (TPSA) is 72.8 Å². The number of aliphatic carboxylic acids is 1. The van der Waals surface area contributed by atoms with Gasteiger partial charge in [-0.15, -0.1) is 0 Å². The number of piperidine rings is 1. The van der Waals surface area contributed by atoms with Crippen LogP contribution in [0.1, 0.15) is 51.9 Å². The van der Waals surface area contributed by atoms with E-state index in [0.717, 1.165) is 31.8 Å². The van der Waals surface area contributed by atoms with E-state index < -0.39 is 5.97 Å². The number of carboxylic acid groups (broad SMARTS) is 1. The molecule has 1 heterocycles. The van der Waals surface area contributed by atoms with Crippen LogP contribution >= 0.6 is 0 Å². The molecule has 0 spiro atoms. The van der Waals surface area contributed by atoms with E-state index in [1.165, 1.54) is 32.1 Å². The molecule has 0 amide bonds. The zero-order valence-electron chi connectivity index (χ0n) is 13.8. The highest BCUT2D eigenvalue weighted by molar-refractivity contribution is 5.69. The van der Waals surface area contributed by atoms with Crippen LogP contribution in [0.3, 0.4) is 0 Å². The van der Waals surface area contributed by atoms with Crippen LogP contribution in [0.4, 0.5) is 0 Å². The first-order valence-corrected chi connectivity index (χ1v) is 8.94. The number of nitrogens with zero attached hydrogens (tertiary/aromatic N) is 1. The molecule has 2 rings (SSSR count). The molecule has 0 aromatic rings. The van der Waals surface area contributed by atoms with Gasteiger partial charge in [0.15, 0.2) is 0 Å². The van der Waals surface area contributed by atoms with Gasteiger partial charge in [-0.25, -0.2) is 0 Å². The summed E-state index contributed by atoms with van der Waals surface area (Å²) in [6.07, 6.45) is 8.07. The largest absolute Gasteiger partial charge is 0.480 e. The summed E-state index contributed by atoms with van der Waals surface area (Å²) in [5.74, 6) is 0.178. The molecular formula is C17H32N2O3. The van der Waals surface area contributed by atoms with Gasteiger partial charge in [-0.05, 0) is 44.1 Å². The Balaban J connectivity index is 1.85. The normalized spacial score (nSPS) is 29.4. The summed E-state index contributed by atoms with van der Waals surface area (Å²) in [5, 5.41) is 22.9. The number of hydrogen-bond acceptors (Lipinski definition) is 4. The smallest absolute Gasteiger partial charge is 0.317 e. The van der Waals surface area contributed by atoms with Gasteiger partial charge in [-0.3, -0.25) is 9.69 Å². The Morgan fingerprint density at radius 1 is 1.27 bits per heavy atom. The van der Waals surface area contributed by atoms with Crippen molar-refractivity contribution in [2.45, 2.75) is 64.0 Å². The summed E-state index contributed by atoms with van der Waals surface area (Å²) in [7, 11) is 0. The lowest BCUT2D eigenvalue weighted by Gasteiger charge is -2.39. The summed E-state index contributed by atoms with van der Waals surface area (Å²) in [5.41, 5.74) is 0. The number of carbonyl (C=O) groups is 1. The third-order valence-electron chi connectivity index (χ3n) is 5.30. The molecule has 5 nitrogen and oxygen atoms in total. The van der Waals surface area contributed by atoms with Crippen LogP contribution in [0.15, 0.2) is 0 Å². The maximum Gasteiger partial charge on any atom is 0.317 e. The third-order valence-corrected chi connectivity index (χ3v) is 5.30. The monoisotopic (exact) mass is 312 g/mol. The number of aliphatic hydroxyl groups excluding tert-OH is 1. The first-order valence-electron chi connectivity index (χ1n) is 8.94. The van der Waals surface area contributed by atoms with E-state index in [4.69, 9.17) is 5.11 Å². The van der Waals surface area contributed by atoms with Crippen LogP contribution in [-0.2, 0) is 4.79 Å². The molecule has 2 fully saturated rings. The fourth-order valence-electron chi connectivity index (χ4n) is 4.04. The quantitative estimate of drug-likeness (QED) is 0.667. The van der Waals surface area contributed by atoms with Crippen LogP contribution in [-0.4, -0.2) is 59.4 Å². The molecule has 1 aliphatic heterocycles. The fraction of sp³-hybridized carbons (Fsp3) is 0.941. The molecule has 3 atom stereocenters. The van der Waals surface area contributed by atoms with Crippen molar-refractivity contribution in [2.24, 2.45) is 11.8 Å². The average molecular weight is 312 g/mol. The number of nitrogens with one attached hydrogen (secondary N) is 1. The molecule has 3 unspecified atom stereocenters. The lowest BCUT2D eigenvalue weighted by atomic mass is 9.86. The van der Waals surface area contributed by atoms with Crippen LogP contribution in [0.5, 0.6) is 0 Å². The van der Waals surface area contributed by atoms with Crippen LogP contribution < -0.4 is 5.32 Å². The highest BCUT2D eigenvalue weighted by atomic mass is 16.4. The second-order valence-electron chi connectivity index (χ2n) is 7.17. The van der Waals surface area contributed by atoms with Gasteiger partial charge in [0.05, 0.1) is 12.6 Å². The summed E-state index contributed by atoms with van der Waals surface area (Å²) < 4.78 is 0. The molecular weight excluding hydrogens is 280 g/mol.